The van der Waals surface area contributed by atoms with Gasteiger partial charge in [-0.05, 0) is 32.1 Å². The lowest BCUT2D eigenvalue weighted by Gasteiger charge is -2.27. The Morgan fingerprint density at radius 3 is 3.00 bits per heavy atom. The molecule has 2 heterocycles. The van der Waals surface area contributed by atoms with E-state index < -0.39 is 0 Å². The van der Waals surface area contributed by atoms with Crippen LogP contribution in [0.25, 0.3) is 0 Å². The molecule has 2 N–H and O–H groups in total. The van der Waals surface area contributed by atoms with Crippen LogP contribution in [0.4, 0.5) is 0 Å². The summed E-state index contributed by atoms with van der Waals surface area (Å²) in [6, 6.07) is 0. The van der Waals surface area contributed by atoms with Crippen LogP contribution in [0, 0.1) is 12.8 Å². The zero-order valence-electron chi connectivity index (χ0n) is 8.53. The molecule has 1 aromatic heterocycles. The van der Waals surface area contributed by atoms with E-state index in [2.05, 4.69) is 14.8 Å². The summed E-state index contributed by atoms with van der Waals surface area (Å²) in [5.41, 5.74) is 6.36. The molecule has 1 saturated carbocycles. The van der Waals surface area contributed by atoms with Crippen LogP contribution in [0.2, 0.25) is 0 Å². The molecule has 1 atom stereocenters. The van der Waals surface area contributed by atoms with Gasteiger partial charge in [-0.25, -0.2) is 9.67 Å². The van der Waals surface area contributed by atoms with Crippen molar-refractivity contribution in [3.8, 4) is 0 Å². The number of hydrogen-bond acceptors (Lipinski definition) is 3. The lowest BCUT2D eigenvalue weighted by molar-refractivity contribution is 0.279. The molecular weight excluding hydrogens is 176 g/mol. The Morgan fingerprint density at radius 1 is 1.50 bits per heavy atom. The third kappa shape index (κ3) is 1.17. The number of aryl methyl sites for hydroxylation is 2. The van der Waals surface area contributed by atoms with Crippen LogP contribution in [0.5, 0.6) is 0 Å². The summed E-state index contributed by atoms with van der Waals surface area (Å²) >= 11 is 0. The average molecular weight is 192 g/mol. The number of nitrogens with zero attached hydrogens (tertiary/aromatic N) is 3. The van der Waals surface area contributed by atoms with Gasteiger partial charge in [0.05, 0.1) is 0 Å². The summed E-state index contributed by atoms with van der Waals surface area (Å²) in [6.45, 7) is 2.93. The Hall–Kier alpha value is -0.900. The Bertz CT molecular complexity index is 364. The zero-order valence-corrected chi connectivity index (χ0v) is 8.53. The standard InChI is InChI=1S/C10H16N4/c1-7-12-9-3-2-8(6-14(9)13-7)10(11)4-5-10/h8H,2-6,11H2,1H3. The van der Waals surface area contributed by atoms with Gasteiger partial charge >= 0.3 is 0 Å². The average Bonchev–Trinajstić information content (AvgIpc) is 2.79. The van der Waals surface area contributed by atoms with Gasteiger partial charge in [0.1, 0.15) is 11.6 Å². The summed E-state index contributed by atoms with van der Waals surface area (Å²) in [7, 11) is 0. The van der Waals surface area contributed by atoms with Gasteiger partial charge in [-0.1, -0.05) is 0 Å². The van der Waals surface area contributed by atoms with E-state index in [1.54, 1.807) is 0 Å². The van der Waals surface area contributed by atoms with Crippen LogP contribution < -0.4 is 5.73 Å². The molecule has 1 unspecified atom stereocenters. The third-order valence-electron chi connectivity index (χ3n) is 3.60. The molecule has 1 fully saturated rings. The van der Waals surface area contributed by atoms with Gasteiger partial charge in [-0.3, -0.25) is 0 Å². The van der Waals surface area contributed by atoms with Crippen molar-refractivity contribution in [2.24, 2.45) is 11.7 Å². The molecule has 0 amide bonds. The van der Waals surface area contributed by atoms with Gasteiger partial charge in [0.15, 0.2) is 0 Å². The molecule has 4 nitrogen and oxygen atoms in total. The van der Waals surface area contributed by atoms with E-state index in [1.807, 2.05) is 6.92 Å². The minimum atomic E-state index is 0.136. The van der Waals surface area contributed by atoms with Crippen molar-refractivity contribution in [2.45, 2.75) is 44.7 Å². The van der Waals surface area contributed by atoms with Crippen LogP contribution in [0.3, 0.4) is 0 Å². The molecule has 14 heavy (non-hydrogen) atoms. The van der Waals surface area contributed by atoms with E-state index in [1.165, 1.54) is 19.3 Å². The largest absolute Gasteiger partial charge is 0.325 e. The van der Waals surface area contributed by atoms with E-state index >= 15 is 0 Å². The summed E-state index contributed by atoms with van der Waals surface area (Å²) in [5.74, 6) is 2.65. The van der Waals surface area contributed by atoms with Gasteiger partial charge in [0, 0.05) is 18.5 Å². The van der Waals surface area contributed by atoms with Crippen molar-refractivity contribution < 1.29 is 0 Å². The zero-order chi connectivity index (χ0) is 9.76. The summed E-state index contributed by atoms with van der Waals surface area (Å²) in [4.78, 5) is 4.40. The van der Waals surface area contributed by atoms with Crippen molar-refractivity contribution >= 4 is 0 Å². The number of rotatable bonds is 1. The van der Waals surface area contributed by atoms with Crippen molar-refractivity contribution in [2.75, 3.05) is 0 Å². The highest BCUT2D eigenvalue weighted by atomic mass is 15.4. The van der Waals surface area contributed by atoms with E-state index in [-0.39, 0.29) is 5.54 Å². The summed E-state index contributed by atoms with van der Waals surface area (Å²) < 4.78 is 2.05. The first kappa shape index (κ1) is 8.41. The quantitative estimate of drug-likeness (QED) is 0.710. The van der Waals surface area contributed by atoms with Crippen molar-refractivity contribution in [1.82, 2.24) is 14.8 Å². The van der Waals surface area contributed by atoms with Crippen LogP contribution in [0.1, 0.15) is 30.9 Å². The van der Waals surface area contributed by atoms with E-state index in [9.17, 15) is 0 Å². The molecule has 0 aromatic carbocycles. The van der Waals surface area contributed by atoms with Crippen LogP contribution in [0.15, 0.2) is 0 Å². The minimum Gasteiger partial charge on any atom is -0.325 e. The fourth-order valence-electron chi connectivity index (χ4n) is 2.46. The number of aromatic nitrogens is 3. The highest BCUT2D eigenvalue weighted by Crippen LogP contribution is 2.43. The minimum absolute atomic E-state index is 0.136. The molecule has 3 rings (SSSR count). The second-order valence-corrected chi connectivity index (χ2v) is 4.73. The van der Waals surface area contributed by atoms with Crippen LogP contribution >= 0.6 is 0 Å². The molecule has 76 valence electrons. The third-order valence-corrected chi connectivity index (χ3v) is 3.60. The number of nitrogens with two attached hydrogens (primary N) is 1. The molecule has 0 radical (unpaired) electrons. The van der Waals surface area contributed by atoms with Gasteiger partial charge in [-0.15, -0.1) is 0 Å². The molecule has 0 spiro atoms. The van der Waals surface area contributed by atoms with Crippen molar-refractivity contribution in [3.63, 3.8) is 0 Å². The Kier molecular flexibility index (Phi) is 1.54. The predicted octanol–water partition coefficient (Wildman–Crippen LogP) is 0.640. The van der Waals surface area contributed by atoms with Crippen molar-refractivity contribution in [1.29, 1.82) is 0 Å². The molecule has 0 saturated heterocycles. The van der Waals surface area contributed by atoms with Gasteiger partial charge in [-0.2, -0.15) is 5.10 Å². The van der Waals surface area contributed by atoms with E-state index in [4.69, 9.17) is 5.73 Å². The lowest BCUT2D eigenvalue weighted by atomic mass is 9.90. The summed E-state index contributed by atoms with van der Waals surface area (Å²) in [6.07, 6.45) is 4.63. The molecule has 0 bridgehead atoms. The summed E-state index contributed by atoms with van der Waals surface area (Å²) in [5, 5.41) is 4.39. The molecule has 1 aromatic rings. The second kappa shape index (κ2) is 2.57. The topological polar surface area (TPSA) is 56.7 Å². The first-order chi connectivity index (χ1) is 6.67. The highest BCUT2D eigenvalue weighted by Gasteiger charge is 2.46. The Morgan fingerprint density at radius 2 is 2.29 bits per heavy atom. The smallest absolute Gasteiger partial charge is 0.147 e. The predicted molar refractivity (Wildman–Crippen MR) is 52.7 cm³/mol. The SMILES string of the molecule is Cc1nc2n(n1)CC(C1(N)CC1)CC2. The Balaban J connectivity index is 1.86. The van der Waals surface area contributed by atoms with Gasteiger partial charge in [0.25, 0.3) is 0 Å². The van der Waals surface area contributed by atoms with Gasteiger partial charge < -0.3 is 5.73 Å². The molecule has 1 aliphatic carbocycles. The molecular formula is C10H16N4. The number of hydrogen-bond donors (Lipinski definition) is 1. The van der Waals surface area contributed by atoms with Crippen LogP contribution in [-0.4, -0.2) is 20.3 Å². The molecule has 4 heteroatoms. The maximum atomic E-state index is 6.22. The fourth-order valence-corrected chi connectivity index (χ4v) is 2.46. The van der Waals surface area contributed by atoms with E-state index in [0.717, 1.165) is 24.6 Å². The maximum absolute atomic E-state index is 6.22. The Labute approximate surface area is 83.5 Å². The van der Waals surface area contributed by atoms with Gasteiger partial charge in [0.2, 0.25) is 0 Å². The lowest BCUT2D eigenvalue weighted by Crippen LogP contribution is -2.38. The van der Waals surface area contributed by atoms with E-state index in [0.29, 0.717) is 5.92 Å². The number of fused-ring (bicyclic) bond motifs is 1. The maximum Gasteiger partial charge on any atom is 0.147 e. The highest BCUT2D eigenvalue weighted by molar-refractivity contribution is 5.07. The van der Waals surface area contributed by atoms with Crippen molar-refractivity contribution in [3.05, 3.63) is 11.6 Å². The molecule has 1 aliphatic heterocycles. The first-order valence-electron chi connectivity index (χ1n) is 5.37. The second-order valence-electron chi connectivity index (χ2n) is 4.73. The normalized spacial score (nSPS) is 28.6. The first-order valence-corrected chi connectivity index (χ1v) is 5.37. The fraction of sp³-hybridized carbons (Fsp3) is 0.800. The monoisotopic (exact) mass is 192 g/mol. The van der Waals surface area contributed by atoms with Crippen LogP contribution in [-0.2, 0) is 13.0 Å². The molecule has 2 aliphatic rings.